The molecule has 3 N–H and O–H groups in total. The number of carbonyl (C=O) groups is 1. The Bertz CT molecular complexity index is 535. The zero-order valence-electron chi connectivity index (χ0n) is 9.80. The van der Waals surface area contributed by atoms with Crippen molar-refractivity contribution in [3.05, 3.63) is 27.2 Å². The van der Waals surface area contributed by atoms with Crippen LogP contribution in [0.25, 0.3) is 0 Å². The van der Waals surface area contributed by atoms with Gasteiger partial charge in [0.1, 0.15) is 0 Å². The fraction of sp³-hybridized carbons (Fsp3) is 0.333. The van der Waals surface area contributed by atoms with Gasteiger partial charge in [0, 0.05) is 5.02 Å². The second kappa shape index (κ2) is 5.44. The van der Waals surface area contributed by atoms with E-state index in [1.54, 1.807) is 0 Å². The van der Waals surface area contributed by atoms with E-state index in [0.29, 0.717) is 23.6 Å². The highest BCUT2D eigenvalue weighted by Gasteiger charge is 2.47. The van der Waals surface area contributed by atoms with Gasteiger partial charge in [-0.2, -0.15) is 0 Å². The molecule has 0 radical (unpaired) electrons. The van der Waals surface area contributed by atoms with E-state index in [1.165, 1.54) is 12.1 Å². The lowest BCUT2D eigenvalue weighted by atomic mass is 9.68. The summed E-state index contributed by atoms with van der Waals surface area (Å²) < 4.78 is 0. The number of thiocarbonyl (C=S) groups is 1. The predicted molar refractivity (Wildman–Crippen MR) is 83.2 cm³/mol. The molecule has 1 aromatic carbocycles. The lowest BCUT2D eigenvalue weighted by molar-refractivity contribution is -0.125. The van der Waals surface area contributed by atoms with E-state index in [4.69, 9.17) is 52.8 Å². The molecule has 0 bridgehead atoms. The van der Waals surface area contributed by atoms with Crippen molar-refractivity contribution in [2.75, 3.05) is 5.32 Å². The van der Waals surface area contributed by atoms with Gasteiger partial charge in [-0.05, 0) is 25.0 Å². The molecule has 0 atom stereocenters. The van der Waals surface area contributed by atoms with Crippen LogP contribution in [0.5, 0.6) is 0 Å². The first-order chi connectivity index (χ1) is 8.86. The molecule has 1 fully saturated rings. The topological polar surface area (TPSA) is 55.1 Å². The third-order valence-corrected chi connectivity index (χ3v) is 4.56. The van der Waals surface area contributed by atoms with Gasteiger partial charge in [0.05, 0.1) is 26.1 Å². The Morgan fingerprint density at radius 1 is 1.26 bits per heavy atom. The number of halogens is 3. The van der Waals surface area contributed by atoms with Crippen LogP contribution in [-0.2, 0) is 4.79 Å². The number of rotatable bonds is 3. The number of anilines is 1. The molecule has 3 nitrogen and oxygen atoms in total. The molecule has 0 saturated heterocycles. The number of carbonyl (C=O) groups excluding carboxylic acids is 1. The van der Waals surface area contributed by atoms with Crippen molar-refractivity contribution >= 4 is 63.6 Å². The van der Waals surface area contributed by atoms with Crippen LogP contribution in [0.2, 0.25) is 15.1 Å². The molecule has 7 heteroatoms. The first kappa shape index (κ1) is 14.9. The number of amides is 1. The Hall–Kier alpha value is -0.550. The van der Waals surface area contributed by atoms with Crippen molar-refractivity contribution in [3.63, 3.8) is 0 Å². The smallest absolute Gasteiger partial charge is 0.237 e. The number of hydrogen-bond acceptors (Lipinski definition) is 2. The zero-order chi connectivity index (χ0) is 14.2. The minimum Gasteiger partial charge on any atom is -0.392 e. The van der Waals surface area contributed by atoms with Crippen molar-refractivity contribution in [3.8, 4) is 0 Å². The third-order valence-electron chi connectivity index (χ3n) is 3.36. The van der Waals surface area contributed by atoms with Crippen molar-refractivity contribution in [2.45, 2.75) is 19.3 Å². The fourth-order valence-corrected chi connectivity index (χ4v) is 3.22. The Morgan fingerprint density at radius 2 is 1.79 bits per heavy atom. The molecular formula is C12H11Cl3N2OS. The fourth-order valence-electron chi connectivity index (χ4n) is 2.01. The number of hydrogen-bond donors (Lipinski definition) is 2. The summed E-state index contributed by atoms with van der Waals surface area (Å²) in [6.45, 7) is 0. The van der Waals surface area contributed by atoms with Gasteiger partial charge in [-0.3, -0.25) is 4.79 Å². The summed E-state index contributed by atoms with van der Waals surface area (Å²) in [5.74, 6) is -0.266. The van der Waals surface area contributed by atoms with E-state index >= 15 is 0 Å². The lowest BCUT2D eigenvalue weighted by Gasteiger charge is -2.39. The Kier molecular flexibility index (Phi) is 4.26. The van der Waals surface area contributed by atoms with Crippen molar-refractivity contribution in [2.24, 2.45) is 11.1 Å². The molecule has 0 aromatic heterocycles. The Morgan fingerprint density at radius 3 is 2.16 bits per heavy atom. The highest BCUT2D eigenvalue weighted by atomic mass is 35.5. The van der Waals surface area contributed by atoms with E-state index < -0.39 is 5.41 Å². The molecule has 1 amide bonds. The predicted octanol–water partition coefficient (Wildman–Crippen LogP) is 4.04. The molecule has 2 rings (SSSR count). The van der Waals surface area contributed by atoms with Crippen molar-refractivity contribution in [1.29, 1.82) is 0 Å². The molecule has 19 heavy (non-hydrogen) atoms. The molecule has 0 unspecified atom stereocenters. The van der Waals surface area contributed by atoms with E-state index in [0.717, 1.165) is 6.42 Å². The highest BCUT2D eigenvalue weighted by molar-refractivity contribution is 7.80. The zero-order valence-corrected chi connectivity index (χ0v) is 12.9. The number of benzene rings is 1. The first-order valence-corrected chi connectivity index (χ1v) is 7.17. The van der Waals surface area contributed by atoms with Crippen LogP contribution >= 0.6 is 47.0 Å². The molecule has 102 valence electrons. The van der Waals surface area contributed by atoms with Gasteiger partial charge >= 0.3 is 0 Å². The third kappa shape index (κ3) is 2.68. The van der Waals surface area contributed by atoms with Gasteiger partial charge < -0.3 is 11.1 Å². The van der Waals surface area contributed by atoms with Gasteiger partial charge in [-0.25, -0.2) is 0 Å². The summed E-state index contributed by atoms with van der Waals surface area (Å²) in [5.41, 5.74) is 5.23. The second-order valence-corrected chi connectivity index (χ2v) is 6.19. The summed E-state index contributed by atoms with van der Waals surface area (Å²) >= 11 is 22.8. The van der Waals surface area contributed by atoms with Gasteiger partial charge in [-0.15, -0.1) is 0 Å². The second-order valence-electron chi connectivity index (χ2n) is 4.50. The average Bonchev–Trinajstić information content (AvgIpc) is 2.20. The van der Waals surface area contributed by atoms with Gasteiger partial charge in [-0.1, -0.05) is 53.4 Å². The molecule has 1 aliphatic carbocycles. The summed E-state index contributed by atoms with van der Waals surface area (Å²) in [7, 11) is 0. The highest BCUT2D eigenvalue weighted by Crippen LogP contribution is 2.43. The van der Waals surface area contributed by atoms with E-state index in [2.05, 4.69) is 5.32 Å². The molecule has 0 spiro atoms. The Labute approximate surface area is 131 Å². The summed E-state index contributed by atoms with van der Waals surface area (Å²) in [5, 5.41) is 3.67. The molecule has 0 aliphatic heterocycles. The van der Waals surface area contributed by atoms with Gasteiger partial charge in [0.2, 0.25) is 5.91 Å². The maximum absolute atomic E-state index is 12.3. The van der Waals surface area contributed by atoms with Crippen LogP contribution in [0.15, 0.2) is 12.1 Å². The van der Waals surface area contributed by atoms with Gasteiger partial charge in [0.25, 0.3) is 0 Å². The quantitative estimate of drug-likeness (QED) is 0.818. The molecule has 0 heterocycles. The molecular weight excluding hydrogens is 327 g/mol. The number of nitrogens with two attached hydrogens (primary N) is 1. The molecule has 1 aromatic rings. The SMILES string of the molecule is NC(=S)C1(C(=O)Nc2c(Cl)cc(Cl)cc2Cl)CCC1. The van der Waals surface area contributed by atoms with E-state index in [1.807, 2.05) is 0 Å². The van der Waals surface area contributed by atoms with Crippen LogP contribution < -0.4 is 11.1 Å². The Balaban J connectivity index is 2.27. The monoisotopic (exact) mass is 336 g/mol. The van der Waals surface area contributed by atoms with Crippen molar-refractivity contribution < 1.29 is 4.79 Å². The van der Waals surface area contributed by atoms with Gasteiger partial charge in [0.15, 0.2) is 0 Å². The molecule has 1 saturated carbocycles. The minimum absolute atomic E-state index is 0.206. The minimum atomic E-state index is -0.776. The van der Waals surface area contributed by atoms with E-state index in [9.17, 15) is 4.79 Å². The molecule has 1 aliphatic rings. The summed E-state index contributed by atoms with van der Waals surface area (Å²) in [6.07, 6.45) is 2.22. The van der Waals surface area contributed by atoms with Crippen LogP contribution in [0.4, 0.5) is 5.69 Å². The summed E-state index contributed by atoms with van der Waals surface area (Å²) in [6, 6.07) is 3.03. The maximum Gasteiger partial charge on any atom is 0.237 e. The van der Waals surface area contributed by atoms with E-state index in [-0.39, 0.29) is 20.9 Å². The van der Waals surface area contributed by atoms with Crippen LogP contribution in [0, 0.1) is 5.41 Å². The van der Waals surface area contributed by atoms with Crippen LogP contribution in [-0.4, -0.2) is 10.9 Å². The largest absolute Gasteiger partial charge is 0.392 e. The average molecular weight is 338 g/mol. The van der Waals surface area contributed by atoms with Crippen LogP contribution in [0.3, 0.4) is 0 Å². The lowest BCUT2D eigenvalue weighted by Crippen LogP contribution is -2.50. The first-order valence-electron chi connectivity index (χ1n) is 5.63. The maximum atomic E-state index is 12.3. The van der Waals surface area contributed by atoms with Crippen molar-refractivity contribution in [1.82, 2.24) is 0 Å². The summed E-state index contributed by atoms with van der Waals surface area (Å²) in [4.78, 5) is 12.5. The number of nitrogens with one attached hydrogen (secondary N) is 1. The van der Waals surface area contributed by atoms with Crippen LogP contribution in [0.1, 0.15) is 19.3 Å². The normalized spacial score (nSPS) is 16.6. The standard InChI is InChI=1S/C12H11Cl3N2OS/c13-6-4-7(14)9(8(15)5-6)17-11(18)12(10(16)19)2-1-3-12/h4-5H,1-3H2,(H2,16,19)(H,17,18).